The van der Waals surface area contributed by atoms with Gasteiger partial charge in [-0.15, -0.1) is 0 Å². The fraction of sp³-hybridized carbons (Fsp3) is 0.250. The van der Waals surface area contributed by atoms with E-state index in [1.54, 1.807) is 19.2 Å². The van der Waals surface area contributed by atoms with Crippen LogP contribution in [0.4, 0.5) is 0 Å². The van der Waals surface area contributed by atoms with Crippen LogP contribution in [0.15, 0.2) is 42.5 Å². The molecule has 0 aliphatic rings. The largest absolute Gasteiger partial charge is 0.508 e. The molecule has 2 rings (SSSR count). The maximum Gasteiger partial charge on any atom is 0.122 e. The number of hydrogen-bond donors (Lipinski definition) is 1. The van der Waals surface area contributed by atoms with Gasteiger partial charge in [-0.2, -0.15) is 0 Å². The lowest BCUT2D eigenvalue weighted by Crippen LogP contribution is -1.93. The van der Waals surface area contributed by atoms with Crippen molar-refractivity contribution in [1.29, 1.82) is 0 Å². The van der Waals surface area contributed by atoms with E-state index in [1.165, 1.54) is 11.1 Å². The first kappa shape index (κ1) is 12.5. The summed E-state index contributed by atoms with van der Waals surface area (Å²) in [7, 11) is 1.61. The van der Waals surface area contributed by atoms with Crippen LogP contribution in [0.3, 0.4) is 0 Å². The van der Waals surface area contributed by atoms with E-state index in [-0.39, 0.29) is 5.75 Å². The van der Waals surface area contributed by atoms with Gasteiger partial charge in [0.1, 0.15) is 11.5 Å². The number of rotatable bonds is 4. The van der Waals surface area contributed by atoms with E-state index in [0.717, 1.165) is 18.4 Å². The van der Waals surface area contributed by atoms with E-state index in [4.69, 9.17) is 4.74 Å². The van der Waals surface area contributed by atoms with Gasteiger partial charge in [0, 0.05) is 6.07 Å². The smallest absolute Gasteiger partial charge is 0.122 e. The predicted molar refractivity (Wildman–Crippen MR) is 73.2 cm³/mol. The Hall–Kier alpha value is -1.96. The van der Waals surface area contributed by atoms with Crippen LogP contribution in [0.25, 0.3) is 0 Å². The van der Waals surface area contributed by atoms with Crippen LogP contribution < -0.4 is 4.74 Å². The summed E-state index contributed by atoms with van der Waals surface area (Å²) >= 11 is 0. The van der Waals surface area contributed by atoms with Gasteiger partial charge in [-0.1, -0.05) is 29.8 Å². The number of phenolic OH excluding ortho intramolecular Hbond substituents is 1. The minimum absolute atomic E-state index is 0.258. The first-order valence-electron chi connectivity index (χ1n) is 6.10. The summed E-state index contributed by atoms with van der Waals surface area (Å²) < 4.78 is 5.15. The van der Waals surface area contributed by atoms with Crippen molar-refractivity contribution >= 4 is 0 Å². The summed E-state index contributed by atoms with van der Waals surface area (Å²) in [5.74, 6) is 0.961. The Labute approximate surface area is 108 Å². The number of benzene rings is 2. The van der Waals surface area contributed by atoms with Gasteiger partial charge in [0.25, 0.3) is 0 Å². The van der Waals surface area contributed by atoms with Crippen LogP contribution >= 0.6 is 0 Å². The highest BCUT2D eigenvalue weighted by Crippen LogP contribution is 2.22. The molecule has 0 radical (unpaired) electrons. The molecule has 94 valence electrons. The Kier molecular flexibility index (Phi) is 3.88. The van der Waals surface area contributed by atoms with Crippen molar-refractivity contribution in [3.8, 4) is 11.5 Å². The average Bonchev–Trinajstić information content (AvgIpc) is 2.36. The van der Waals surface area contributed by atoms with Gasteiger partial charge in [-0.25, -0.2) is 0 Å². The molecule has 2 heteroatoms. The van der Waals surface area contributed by atoms with Gasteiger partial charge in [0.05, 0.1) is 7.11 Å². The van der Waals surface area contributed by atoms with Crippen LogP contribution in [-0.2, 0) is 12.8 Å². The second-order valence-electron chi connectivity index (χ2n) is 4.53. The highest BCUT2D eigenvalue weighted by molar-refractivity contribution is 5.38. The highest BCUT2D eigenvalue weighted by Gasteiger charge is 2.01. The molecule has 1 N–H and O–H groups in total. The van der Waals surface area contributed by atoms with Gasteiger partial charge in [-0.3, -0.25) is 0 Å². The molecule has 18 heavy (non-hydrogen) atoms. The third-order valence-corrected chi connectivity index (χ3v) is 2.97. The first-order chi connectivity index (χ1) is 8.67. The number of phenols is 1. The number of ether oxygens (including phenoxy) is 1. The monoisotopic (exact) mass is 242 g/mol. The lowest BCUT2D eigenvalue weighted by Gasteiger charge is -2.07. The summed E-state index contributed by atoms with van der Waals surface area (Å²) in [6.45, 7) is 2.10. The van der Waals surface area contributed by atoms with E-state index in [0.29, 0.717) is 5.75 Å². The van der Waals surface area contributed by atoms with E-state index >= 15 is 0 Å². The Bertz CT molecular complexity index is 532. The second-order valence-corrected chi connectivity index (χ2v) is 4.53. The third kappa shape index (κ3) is 3.27. The molecule has 0 bridgehead atoms. The van der Waals surface area contributed by atoms with E-state index in [9.17, 15) is 5.11 Å². The molecule has 0 spiro atoms. The maximum atomic E-state index is 9.59. The van der Waals surface area contributed by atoms with Crippen molar-refractivity contribution in [3.05, 3.63) is 59.2 Å². The number of aromatic hydroxyl groups is 1. The minimum atomic E-state index is 0.258. The summed E-state index contributed by atoms with van der Waals surface area (Å²) in [6, 6.07) is 13.9. The van der Waals surface area contributed by atoms with Crippen LogP contribution in [0, 0.1) is 6.92 Å². The topological polar surface area (TPSA) is 29.5 Å². The Morgan fingerprint density at radius 3 is 2.50 bits per heavy atom. The van der Waals surface area contributed by atoms with Crippen LogP contribution in [0.2, 0.25) is 0 Å². The van der Waals surface area contributed by atoms with Gasteiger partial charge in [0.15, 0.2) is 0 Å². The molecular weight excluding hydrogens is 224 g/mol. The molecule has 0 aromatic heterocycles. The van der Waals surface area contributed by atoms with E-state index in [1.807, 2.05) is 6.07 Å². The molecule has 0 amide bonds. The zero-order chi connectivity index (χ0) is 13.0. The van der Waals surface area contributed by atoms with Crippen molar-refractivity contribution in [2.75, 3.05) is 7.11 Å². The fourth-order valence-electron chi connectivity index (χ4n) is 2.06. The summed E-state index contributed by atoms with van der Waals surface area (Å²) in [6.07, 6.45) is 1.86. The minimum Gasteiger partial charge on any atom is -0.508 e. The van der Waals surface area contributed by atoms with Gasteiger partial charge in [0.2, 0.25) is 0 Å². The van der Waals surface area contributed by atoms with Gasteiger partial charge in [-0.05, 0) is 43.0 Å². The molecule has 0 fully saturated rings. The van der Waals surface area contributed by atoms with Crippen LogP contribution in [0.5, 0.6) is 11.5 Å². The zero-order valence-corrected chi connectivity index (χ0v) is 10.8. The van der Waals surface area contributed by atoms with Crippen molar-refractivity contribution in [2.45, 2.75) is 19.8 Å². The SMILES string of the molecule is COc1cc(O)cc(CCc2cccc(C)c2)c1. The molecule has 0 aliphatic carbocycles. The summed E-state index contributed by atoms with van der Waals surface area (Å²) in [5.41, 5.74) is 3.69. The molecule has 0 saturated heterocycles. The van der Waals surface area contributed by atoms with Crippen molar-refractivity contribution < 1.29 is 9.84 Å². The van der Waals surface area contributed by atoms with Crippen LogP contribution in [0.1, 0.15) is 16.7 Å². The summed E-state index contributed by atoms with van der Waals surface area (Å²) in [4.78, 5) is 0. The van der Waals surface area contributed by atoms with Crippen molar-refractivity contribution in [3.63, 3.8) is 0 Å². The predicted octanol–water partition coefficient (Wildman–Crippen LogP) is 3.49. The van der Waals surface area contributed by atoms with Crippen molar-refractivity contribution in [1.82, 2.24) is 0 Å². The highest BCUT2D eigenvalue weighted by atomic mass is 16.5. The van der Waals surface area contributed by atoms with Crippen molar-refractivity contribution in [2.24, 2.45) is 0 Å². The Balaban J connectivity index is 2.08. The molecule has 2 nitrogen and oxygen atoms in total. The number of methoxy groups -OCH3 is 1. The number of aryl methyl sites for hydroxylation is 3. The lowest BCUT2D eigenvalue weighted by atomic mass is 10.0. The molecule has 0 saturated carbocycles. The van der Waals surface area contributed by atoms with E-state index in [2.05, 4.69) is 31.2 Å². The van der Waals surface area contributed by atoms with Gasteiger partial charge >= 0.3 is 0 Å². The fourth-order valence-corrected chi connectivity index (χ4v) is 2.06. The Morgan fingerprint density at radius 1 is 1.00 bits per heavy atom. The molecule has 2 aromatic rings. The lowest BCUT2D eigenvalue weighted by molar-refractivity contribution is 0.407. The third-order valence-electron chi connectivity index (χ3n) is 2.97. The molecule has 2 aromatic carbocycles. The average molecular weight is 242 g/mol. The quantitative estimate of drug-likeness (QED) is 0.889. The maximum absolute atomic E-state index is 9.59. The molecule has 0 atom stereocenters. The van der Waals surface area contributed by atoms with E-state index < -0.39 is 0 Å². The first-order valence-corrected chi connectivity index (χ1v) is 6.10. The molecule has 0 heterocycles. The summed E-state index contributed by atoms with van der Waals surface area (Å²) in [5, 5.41) is 9.59. The number of hydrogen-bond acceptors (Lipinski definition) is 2. The molecule has 0 aliphatic heterocycles. The van der Waals surface area contributed by atoms with Crippen LogP contribution in [-0.4, -0.2) is 12.2 Å². The molecule has 0 unspecified atom stereocenters. The standard InChI is InChI=1S/C16H18O2/c1-12-4-3-5-13(8-12)6-7-14-9-15(17)11-16(10-14)18-2/h3-5,8-11,17H,6-7H2,1-2H3. The second kappa shape index (κ2) is 5.58. The molecular formula is C16H18O2. The Morgan fingerprint density at radius 2 is 1.78 bits per heavy atom. The van der Waals surface area contributed by atoms with Gasteiger partial charge < -0.3 is 9.84 Å². The normalized spacial score (nSPS) is 10.3. The zero-order valence-electron chi connectivity index (χ0n) is 10.8.